The number of terminal acetylenes is 1. The number of piperidine rings is 1. The van der Waals surface area contributed by atoms with Crippen molar-refractivity contribution in [2.75, 3.05) is 63.2 Å². The minimum absolute atomic E-state index is 0.0201. The molecule has 18 heteroatoms. The SMILES string of the molecule is C#Cc1c(F)ccc2cc(O)cc(-c3ncc4c(N5CC6CCC(C5)N6C(=O)CC(C)C#N)nc(OCC5(CN(C)Cc6ccc(C7CN(c8ccc(C=O)c(CN(C)C9CCC(=O)NC9=O)c8)C7)cc6)CC5)nc4c3F)c12. The molecule has 78 heavy (non-hydrogen) atoms. The molecule has 5 aliphatic rings. The first-order valence-corrected chi connectivity index (χ1v) is 26.6. The van der Waals surface area contributed by atoms with Gasteiger partial charge in [-0.2, -0.15) is 15.2 Å². The number of pyridine rings is 1. The first-order valence-electron chi connectivity index (χ1n) is 26.6. The highest BCUT2D eigenvalue weighted by molar-refractivity contribution is 6.03. The summed E-state index contributed by atoms with van der Waals surface area (Å²) in [6.45, 7) is 6.33. The number of phenolic OH excluding ortho intramolecular Hbond substituents is 1. The van der Waals surface area contributed by atoms with Crippen molar-refractivity contribution < 1.29 is 37.8 Å². The van der Waals surface area contributed by atoms with E-state index in [1.807, 2.05) is 39.9 Å². The molecule has 4 atom stereocenters. The topological polar surface area (TPSA) is 188 Å². The molecule has 6 aromatic rings. The minimum atomic E-state index is -0.822. The zero-order valence-corrected chi connectivity index (χ0v) is 43.8. The summed E-state index contributed by atoms with van der Waals surface area (Å²) >= 11 is 0. The summed E-state index contributed by atoms with van der Waals surface area (Å²) < 4.78 is 39.0. The van der Waals surface area contributed by atoms with E-state index >= 15 is 8.78 Å². The molecule has 3 amide bonds. The smallest absolute Gasteiger partial charge is 0.319 e. The highest BCUT2D eigenvalue weighted by Gasteiger charge is 2.46. The molecular formula is C60H60F2N10O6. The lowest BCUT2D eigenvalue weighted by molar-refractivity contribution is -0.137. The summed E-state index contributed by atoms with van der Waals surface area (Å²) in [6, 6.07) is 21.4. The van der Waals surface area contributed by atoms with Gasteiger partial charge in [-0.15, -0.1) is 6.42 Å². The largest absolute Gasteiger partial charge is 0.508 e. The molecule has 4 aromatic carbocycles. The van der Waals surface area contributed by atoms with Crippen LogP contribution in [-0.4, -0.2) is 130 Å². The van der Waals surface area contributed by atoms with Crippen LogP contribution in [0.2, 0.25) is 0 Å². The molecule has 2 N–H and O–H groups in total. The number of fused-ring (bicyclic) bond motifs is 4. The van der Waals surface area contributed by atoms with Crippen LogP contribution < -0.4 is 19.9 Å². The number of nitrogens with one attached hydrogen (secondary N) is 1. The quantitative estimate of drug-likeness (QED) is 0.0520. The lowest BCUT2D eigenvalue weighted by Crippen LogP contribution is -2.56. The van der Waals surface area contributed by atoms with Gasteiger partial charge in [-0.25, -0.2) is 8.78 Å². The van der Waals surface area contributed by atoms with Crippen LogP contribution in [0.4, 0.5) is 20.3 Å². The molecule has 16 nitrogen and oxygen atoms in total. The number of nitrogens with zero attached hydrogens (tertiary/aromatic N) is 9. The summed E-state index contributed by atoms with van der Waals surface area (Å²) in [5, 5.41) is 23.6. The Kier molecular flexibility index (Phi) is 14.0. The predicted octanol–water partition coefficient (Wildman–Crippen LogP) is 7.48. The molecule has 11 rings (SSSR count). The Hall–Kier alpha value is -8.06. The van der Waals surface area contributed by atoms with E-state index in [0.717, 1.165) is 68.4 Å². The van der Waals surface area contributed by atoms with Crippen molar-refractivity contribution in [3.8, 4) is 41.4 Å². The molecule has 6 heterocycles. The maximum absolute atomic E-state index is 17.4. The number of aldehydes is 1. The molecule has 5 fully saturated rings. The number of carbonyl (C=O) groups excluding carboxylic acids is 4. The van der Waals surface area contributed by atoms with Crippen molar-refractivity contribution in [1.82, 2.24) is 35.0 Å². The molecule has 4 saturated heterocycles. The molecule has 4 unspecified atom stereocenters. The molecule has 1 saturated carbocycles. The van der Waals surface area contributed by atoms with Crippen molar-refractivity contribution in [1.29, 1.82) is 5.26 Å². The van der Waals surface area contributed by atoms with Gasteiger partial charge >= 0.3 is 6.01 Å². The number of likely N-dealkylation sites (N-methyl/N-ethyl adjacent to an activating group) is 1. The second kappa shape index (κ2) is 21.1. The van der Waals surface area contributed by atoms with E-state index in [2.05, 4.69) is 63.4 Å². The summed E-state index contributed by atoms with van der Waals surface area (Å²) in [4.78, 5) is 74.3. The van der Waals surface area contributed by atoms with Gasteiger partial charge in [0.15, 0.2) is 5.82 Å². The van der Waals surface area contributed by atoms with Crippen molar-refractivity contribution in [3.05, 3.63) is 112 Å². The van der Waals surface area contributed by atoms with Crippen LogP contribution in [0.3, 0.4) is 0 Å². The molecular weight excluding hydrogens is 995 g/mol. The van der Waals surface area contributed by atoms with Crippen LogP contribution in [0.1, 0.15) is 90.4 Å². The highest BCUT2D eigenvalue weighted by atomic mass is 19.1. The van der Waals surface area contributed by atoms with Gasteiger partial charge in [-0.3, -0.25) is 34.4 Å². The van der Waals surface area contributed by atoms with Crippen molar-refractivity contribution >= 4 is 57.2 Å². The monoisotopic (exact) mass is 1050 g/mol. The molecule has 4 aliphatic heterocycles. The maximum atomic E-state index is 17.4. The van der Waals surface area contributed by atoms with Gasteiger partial charge in [-0.05, 0) is 112 Å². The van der Waals surface area contributed by atoms with Crippen LogP contribution in [0.5, 0.6) is 11.8 Å². The summed E-state index contributed by atoms with van der Waals surface area (Å²) in [5.74, 6) is 0.418. The average molecular weight is 1060 g/mol. The molecule has 0 spiro atoms. The first kappa shape index (κ1) is 52.0. The van der Waals surface area contributed by atoms with Gasteiger partial charge in [0.25, 0.3) is 0 Å². The van der Waals surface area contributed by atoms with Crippen LogP contribution in [-0.2, 0) is 27.5 Å². The lowest BCUT2D eigenvalue weighted by atomic mass is 9.90. The Labute approximate surface area is 451 Å². The Morgan fingerprint density at radius 1 is 0.987 bits per heavy atom. The number of piperazine rings is 1. The zero-order valence-electron chi connectivity index (χ0n) is 43.8. The summed E-state index contributed by atoms with van der Waals surface area (Å²) in [7, 11) is 3.92. The average Bonchev–Trinajstić information content (AvgIpc) is 4.25. The fourth-order valence-corrected chi connectivity index (χ4v) is 12.2. The first-order chi connectivity index (χ1) is 37.6. The van der Waals surface area contributed by atoms with Crippen LogP contribution in [0.25, 0.3) is 32.9 Å². The standard InChI is InChI=1S/C60H60F2N10O6/c1-5-46-49(61)15-11-38-22-45(74)23-47(53(38)46)55-54(62)56-48(25-64-55)57(71-30-43-13-14-44(31-71)72(43)52(76)20-35(2)24-63)67-59(66-56)78-34-60(18-19-60)33-68(3)26-36-6-8-37(9-7-36)41-28-70(29-41)42-12-10-39(32-73)40(21-42)27-69(4)50-16-17-51(75)65-58(50)77/h1,6-12,15,21-23,25,32,35,41,43-44,50,74H,13-14,16-20,26-31,33-34H2,2-4H3,(H,65,75,77). The van der Waals surface area contributed by atoms with E-state index in [1.165, 1.54) is 36.0 Å². The van der Waals surface area contributed by atoms with E-state index in [0.29, 0.717) is 60.7 Å². The predicted molar refractivity (Wildman–Crippen MR) is 289 cm³/mol. The number of ether oxygens (including phenoxy) is 1. The third-order valence-electron chi connectivity index (χ3n) is 16.5. The lowest BCUT2D eigenvalue weighted by Gasteiger charge is -2.42. The summed E-state index contributed by atoms with van der Waals surface area (Å²) in [5.41, 5.74) is 4.39. The normalized spacial score (nSPS) is 20.2. The Balaban J connectivity index is 0.776. The van der Waals surface area contributed by atoms with Gasteiger partial charge in [0.2, 0.25) is 17.7 Å². The Bertz CT molecular complexity index is 3470. The van der Waals surface area contributed by atoms with E-state index in [-0.39, 0.29) is 94.2 Å². The second-order valence-corrected chi connectivity index (χ2v) is 22.2. The van der Waals surface area contributed by atoms with Gasteiger partial charge in [0.1, 0.15) is 34.9 Å². The number of imide groups is 1. The van der Waals surface area contributed by atoms with Crippen molar-refractivity contribution in [2.45, 2.75) is 89.0 Å². The minimum Gasteiger partial charge on any atom is -0.508 e. The van der Waals surface area contributed by atoms with E-state index in [4.69, 9.17) is 21.1 Å². The van der Waals surface area contributed by atoms with Gasteiger partial charge in [0.05, 0.1) is 35.6 Å². The molecule has 2 bridgehead atoms. The van der Waals surface area contributed by atoms with Crippen LogP contribution >= 0.6 is 0 Å². The van der Waals surface area contributed by atoms with Crippen LogP contribution in [0, 0.1) is 46.6 Å². The molecule has 0 radical (unpaired) electrons. The number of anilines is 2. The number of phenols is 1. The zero-order chi connectivity index (χ0) is 54.6. The fraction of sp³-hybridized carbons (Fsp3) is 0.400. The number of benzene rings is 4. The van der Waals surface area contributed by atoms with Gasteiger partial charge < -0.3 is 29.4 Å². The number of hydrogen-bond donors (Lipinski definition) is 2. The van der Waals surface area contributed by atoms with Crippen molar-refractivity contribution in [3.63, 3.8) is 0 Å². The van der Waals surface area contributed by atoms with Crippen molar-refractivity contribution in [2.24, 2.45) is 11.3 Å². The number of aromatic hydroxyl groups is 1. The molecule has 1 aliphatic carbocycles. The van der Waals surface area contributed by atoms with Gasteiger partial charge in [-0.1, -0.05) is 36.3 Å². The third-order valence-corrected chi connectivity index (χ3v) is 16.5. The number of aromatic nitrogens is 3. The molecule has 400 valence electrons. The number of halogens is 2. The molecule has 2 aromatic heterocycles. The summed E-state index contributed by atoms with van der Waals surface area (Å²) in [6.07, 6.45) is 12.3. The maximum Gasteiger partial charge on any atom is 0.319 e. The number of rotatable bonds is 17. The van der Waals surface area contributed by atoms with E-state index in [9.17, 15) is 29.5 Å². The Morgan fingerprint density at radius 2 is 1.74 bits per heavy atom. The highest BCUT2D eigenvalue weighted by Crippen LogP contribution is 2.47. The number of hydrogen-bond acceptors (Lipinski definition) is 14. The Morgan fingerprint density at radius 3 is 2.44 bits per heavy atom. The second-order valence-electron chi connectivity index (χ2n) is 22.2. The third kappa shape index (κ3) is 10.2. The fourth-order valence-electron chi connectivity index (χ4n) is 12.2. The van der Waals surface area contributed by atoms with E-state index < -0.39 is 23.6 Å². The number of amides is 3. The number of carbonyl (C=O) groups is 4. The van der Waals surface area contributed by atoms with E-state index in [1.54, 1.807) is 6.92 Å². The van der Waals surface area contributed by atoms with Crippen LogP contribution in [0.15, 0.2) is 72.9 Å². The number of nitriles is 1. The van der Waals surface area contributed by atoms with Gasteiger partial charge in [0, 0.05) is 110 Å².